The standard InChI is InChI=1S/C26H31N6OS/c1-6-23(24-27-13-14-30(24)2)28-19-9-7-11-21(17-19)34-22-12-8-10-20(18-22)29-25(33-5)26-31(3)15-16-32(26)4/h7-12,15-18H,6,13-14H2,1-5H3/q+1/b28-23+,29-25-. The van der Waals surface area contributed by atoms with Gasteiger partial charge in [0.25, 0.3) is 0 Å². The maximum atomic E-state index is 5.61. The lowest BCUT2D eigenvalue weighted by molar-refractivity contribution is -0.672. The van der Waals surface area contributed by atoms with Gasteiger partial charge in [-0.15, -0.1) is 0 Å². The van der Waals surface area contributed by atoms with Crippen molar-refractivity contribution in [2.24, 2.45) is 29.1 Å². The predicted octanol–water partition coefficient (Wildman–Crippen LogP) is 4.55. The monoisotopic (exact) mass is 475 g/mol. The van der Waals surface area contributed by atoms with Crippen LogP contribution in [0.25, 0.3) is 0 Å². The Morgan fingerprint density at radius 1 is 1.09 bits per heavy atom. The van der Waals surface area contributed by atoms with Crippen LogP contribution in [0.3, 0.4) is 0 Å². The molecule has 0 saturated heterocycles. The molecule has 0 bridgehead atoms. The molecule has 0 amide bonds. The number of nitrogens with zero attached hydrogens (tertiary/aromatic N) is 6. The molecule has 0 unspecified atom stereocenters. The van der Waals surface area contributed by atoms with Gasteiger partial charge < -0.3 is 9.64 Å². The van der Waals surface area contributed by atoms with Gasteiger partial charge in [-0.05, 0) is 42.8 Å². The van der Waals surface area contributed by atoms with Crippen molar-refractivity contribution in [3.63, 3.8) is 0 Å². The number of hydrogen-bond acceptors (Lipinski definition) is 6. The molecule has 4 rings (SSSR count). The van der Waals surface area contributed by atoms with Crippen molar-refractivity contribution in [3.8, 4) is 0 Å². The van der Waals surface area contributed by atoms with E-state index in [1.165, 1.54) is 0 Å². The Balaban J connectivity index is 1.56. The van der Waals surface area contributed by atoms with E-state index in [-0.39, 0.29) is 0 Å². The van der Waals surface area contributed by atoms with Crippen LogP contribution >= 0.6 is 11.8 Å². The van der Waals surface area contributed by atoms with Crippen LogP contribution < -0.4 is 4.57 Å². The number of aromatic nitrogens is 2. The van der Waals surface area contributed by atoms with Gasteiger partial charge in [0.15, 0.2) is 0 Å². The summed E-state index contributed by atoms with van der Waals surface area (Å²) in [7, 11) is 7.68. The molecule has 0 N–H and O–H groups in total. The lowest BCUT2D eigenvalue weighted by Gasteiger charge is -2.14. The first-order valence-electron chi connectivity index (χ1n) is 11.3. The summed E-state index contributed by atoms with van der Waals surface area (Å²) < 4.78 is 9.59. The summed E-state index contributed by atoms with van der Waals surface area (Å²) in [6.45, 7) is 3.92. The molecule has 1 aromatic heterocycles. The number of imidazole rings is 1. The molecule has 1 aliphatic rings. The second-order valence-corrected chi connectivity index (χ2v) is 9.25. The number of likely N-dealkylation sites (N-methyl/N-ethyl adjacent to an activating group) is 1. The van der Waals surface area contributed by atoms with Crippen molar-refractivity contribution in [2.45, 2.75) is 23.1 Å². The summed E-state index contributed by atoms with van der Waals surface area (Å²) >= 11 is 1.69. The van der Waals surface area contributed by atoms with E-state index in [2.05, 4.69) is 54.2 Å². The van der Waals surface area contributed by atoms with Crippen LogP contribution in [-0.2, 0) is 18.8 Å². The Morgan fingerprint density at radius 3 is 2.29 bits per heavy atom. The zero-order valence-electron chi connectivity index (χ0n) is 20.4. The summed E-state index contributed by atoms with van der Waals surface area (Å²) in [6.07, 6.45) is 4.81. The van der Waals surface area contributed by atoms with E-state index in [9.17, 15) is 0 Å². The van der Waals surface area contributed by atoms with Gasteiger partial charge in [-0.1, -0.05) is 30.8 Å². The largest absolute Gasteiger partial charge is 0.475 e. The van der Waals surface area contributed by atoms with Gasteiger partial charge in [0.2, 0.25) is 0 Å². The molecule has 8 heteroatoms. The number of aryl methyl sites for hydroxylation is 2. The van der Waals surface area contributed by atoms with Gasteiger partial charge in [-0.25, -0.2) is 19.1 Å². The molecule has 0 aliphatic carbocycles. The Kier molecular flexibility index (Phi) is 7.47. The fourth-order valence-corrected chi connectivity index (χ4v) is 4.78. The van der Waals surface area contributed by atoms with E-state index in [1.54, 1.807) is 18.9 Å². The maximum absolute atomic E-state index is 5.61. The molecule has 0 fully saturated rings. The zero-order chi connectivity index (χ0) is 24.1. The number of hydrogen-bond donors (Lipinski definition) is 0. The minimum atomic E-state index is 0.570. The lowest BCUT2D eigenvalue weighted by atomic mass is 10.2. The van der Waals surface area contributed by atoms with Crippen molar-refractivity contribution >= 4 is 40.6 Å². The molecule has 2 heterocycles. The molecule has 34 heavy (non-hydrogen) atoms. The molecule has 7 nitrogen and oxygen atoms in total. The topological polar surface area (TPSA) is 58.4 Å². The van der Waals surface area contributed by atoms with Crippen molar-refractivity contribution in [1.29, 1.82) is 0 Å². The van der Waals surface area contributed by atoms with Crippen LogP contribution in [0.5, 0.6) is 0 Å². The second kappa shape index (κ2) is 10.7. The second-order valence-electron chi connectivity index (χ2n) is 8.10. The van der Waals surface area contributed by atoms with Gasteiger partial charge in [-0.3, -0.25) is 4.99 Å². The number of benzene rings is 2. The van der Waals surface area contributed by atoms with Gasteiger partial charge in [0.1, 0.15) is 18.2 Å². The van der Waals surface area contributed by atoms with Crippen molar-refractivity contribution < 1.29 is 9.30 Å². The molecule has 1 aliphatic heterocycles. The summed E-state index contributed by atoms with van der Waals surface area (Å²) in [5, 5.41) is 0. The average molecular weight is 476 g/mol. The quantitative estimate of drug-likeness (QED) is 0.286. The van der Waals surface area contributed by atoms with E-state index in [0.717, 1.165) is 58.0 Å². The first-order valence-corrected chi connectivity index (χ1v) is 12.2. The third kappa shape index (κ3) is 5.39. The van der Waals surface area contributed by atoms with E-state index in [4.69, 9.17) is 14.7 Å². The molecular weight excluding hydrogens is 444 g/mol. The van der Waals surface area contributed by atoms with Gasteiger partial charge in [0.05, 0.1) is 44.8 Å². The third-order valence-corrected chi connectivity index (χ3v) is 6.56. The number of ether oxygens (including phenoxy) is 1. The van der Waals surface area contributed by atoms with Crippen LogP contribution in [0.15, 0.2) is 85.7 Å². The summed E-state index contributed by atoms with van der Waals surface area (Å²) in [4.78, 5) is 18.7. The Bertz CT molecular complexity index is 1240. The molecule has 0 saturated carbocycles. The van der Waals surface area contributed by atoms with Gasteiger partial charge >= 0.3 is 11.7 Å². The van der Waals surface area contributed by atoms with Crippen LogP contribution in [0, 0.1) is 0 Å². The first-order chi connectivity index (χ1) is 16.5. The highest BCUT2D eigenvalue weighted by Gasteiger charge is 2.20. The Morgan fingerprint density at radius 2 is 1.76 bits per heavy atom. The van der Waals surface area contributed by atoms with Crippen LogP contribution in [0.4, 0.5) is 11.4 Å². The van der Waals surface area contributed by atoms with E-state index in [1.807, 2.05) is 53.8 Å². The molecule has 3 aromatic rings. The van der Waals surface area contributed by atoms with Crippen molar-refractivity contribution in [1.82, 2.24) is 9.47 Å². The van der Waals surface area contributed by atoms with Crippen LogP contribution in [0.2, 0.25) is 0 Å². The van der Waals surface area contributed by atoms with E-state index in [0.29, 0.717) is 5.90 Å². The lowest BCUT2D eigenvalue weighted by Crippen LogP contribution is -2.35. The number of aliphatic imine (C=N–C) groups is 3. The van der Waals surface area contributed by atoms with Crippen molar-refractivity contribution in [2.75, 3.05) is 27.2 Å². The molecule has 2 aromatic carbocycles. The van der Waals surface area contributed by atoms with Crippen LogP contribution in [0.1, 0.15) is 19.2 Å². The van der Waals surface area contributed by atoms with Gasteiger partial charge in [-0.2, -0.15) is 0 Å². The molecule has 0 radical (unpaired) electrons. The fraction of sp³-hybridized carbons (Fsp3) is 0.308. The minimum Gasteiger partial charge on any atom is -0.475 e. The smallest absolute Gasteiger partial charge is 0.344 e. The Hall–Kier alpha value is -3.39. The number of rotatable bonds is 7. The summed E-state index contributed by atoms with van der Waals surface area (Å²) in [6, 6.07) is 16.5. The minimum absolute atomic E-state index is 0.570. The molecule has 0 spiro atoms. The SMILES string of the molecule is CC/C(=N\c1cccc(Sc2cccc(/N=C(\OC)c3n(C)cc[n+]3C)c2)c1)C1=NCCN1C. The van der Waals surface area contributed by atoms with E-state index >= 15 is 0 Å². The molecular formula is C26H31N6OS+. The number of methoxy groups -OCH3 is 1. The Labute approximate surface area is 205 Å². The van der Waals surface area contributed by atoms with E-state index < -0.39 is 0 Å². The average Bonchev–Trinajstić information content (AvgIpc) is 3.41. The fourth-order valence-electron chi connectivity index (χ4n) is 3.85. The normalized spacial score (nSPS) is 14.5. The molecule has 0 atom stereocenters. The first kappa shape index (κ1) is 23.8. The predicted molar refractivity (Wildman–Crippen MR) is 139 cm³/mol. The summed E-state index contributed by atoms with van der Waals surface area (Å²) in [5.74, 6) is 2.47. The van der Waals surface area contributed by atoms with Gasteiger partial charge in [0, 0.05) is 23.4 Å². The molecule has 176 valence electrons. The zero-order valence-corrected chi connectivity index (χ0v) is 21.2. The highest BCUT2D eigenvalue weighted by Crippen LogP contribution is 2.32. The number of amidine groups is 1. The maximum Gasteiger partial charge on any atom is 0.344 e. The van der Waals surface area contributed by atoms with Crippen LogP contribution in [-0.4, -0.2) is 54.2 Å². The highest BCUT2D eigenvalue weighted by atomic mass is 32.2. The summed E-state index contributed by atoms with van der Waals surface area (Å²) in [5.41, 5.74) is 2.81. The third-order valence-electron chi connectivity index (χ3n) is 5.58. The highest BCUT2D eigenvalue weighted by molar-refractivity contribution is 7.99. The van der Waals surface area contributed by atoms with Crippen molar-refractivity contribution in [3.05, 3.63) is 66.7 Å².